The molecule has 0 aliphatic rings. The van der Waals surface area contributed by atoms with Crippen LogP contribution in [0.4, 0.5) is 5.95 Å². The Bertz CT molecular complexity index is 1250. The van der Waals surface area contributed by atoms with E-state index in [0.717, 1.165) is 32.3 Å². The summed E-state index contributed by atoms with van der Waals surface area (Å²) in [4.78, 5) is 12.7. The van der Waals surface area contributed by atoms with Crippen LogP contribution in [0.2, 0.25) is 5.02 Å². The molecule has 0 bridgehead atoms. The van der Waals surface area contributed by atoms with Gasteiger partial charge in [0.1, 0.15) is 5.69 Å². The largest absolute Gasteiger partial charge is 0.356 e. The summed E-state index contributed by atoms with van der Waals surface area (Å²) in [6.07, 6.45) is 0.0928. The molecule has 0 aliphatic heterocycles. The maximum atomic E-state index is 12.7. The molecule has 1 amide bonds. The lowest BCUT2D eigenvalue weighted by Crippen LogP contribution is -2.18. The average molecular weight is 456 g/mol. The maximum Gasteiger partial charge on any atom is 0.232 e. The van der Waals surface area contributed by atoms with E-state index in [1.807, 2.05) is 55.7 Å². The van der Waals surface area contributed by atoms with Gasteiger partial charge in [-0.15, -0.1) is 10.2 Å². The third kappa shape index (κ3) is 4.60. The van der Waals surface area contributed by atoms with Crippen molar-refractivity contribution in [2.24, 2.45) is 0 Å². The van der Waals surface area contributed by atoms with Crippen molar-refractivity contribution >= 4 is 46.2 Å². The summed E-state index contributed by atoms with van der Waals surface area (Å²) >= 11 is 7.76. The number of hydrogen-bond acceptors (Lipinski definition) is 6. The van der Waals surface area contributed by atoms with Gasteiger partial charge in [-0.25, -0.2) is 0 Å². The Morgan fingerprint density at radius 3 is 2.81 bits per heavy atom. The Kier molecular flexibility index (Phi) is 6.29. The Labute approximate surface area is 189 Å². The molecule has 4 rings (SSSR count). The van der Waals surface area contributed by atoms with Crippen LogP contribution in [0, 0.1) is 13.8 Å². The molecule has 0 fully saturated rings. The van der Waals surface area contributed by atoms with Gasteiger partial charge in [0.25, 0.3) is 0 Å². The lowest BCUT2D eigenvalue weighted by atomic mass is 10.0. The number of nitrogens with zero attached hydrogens (tertiary/aromatic N) is 4. The number of anilines is 1. The molecule has 4 aromatic rings. The summed E-state index contributed by atoms with van der Waals surface area (Å²) in [5.41, 5.74) is 4.45. The number of carbonyl (C=O) groups excluding carboxylic acids is 1. The number of carbonyl (C=O) groups is 1. The van der Waals surface area contributed by atoms with Gasteiger partial charge in [0.05, 0.1) is 6.42 Å². The second-order valence-electron chi connectivity index (χ2n) is 7.24. The van der Waals surface area contributed by atoms with E-state index >= 15 is 0 Å². The van der Waals surface area contributed by atoms with Crippen LogP contribution < -0.4 is 5.32 Å². The molecular weight excluding hydrogens is 434 g/mol. The highest BCUT2D eigenvalue weighted by Crippen LogP contribution is 2.28. The first-order chi connectivity index (χ1) is 15.0. The molecule has 31 heavy (non-hydrogen) atoms. The van der Waals surface area contributed by atoms with Crippen molar-refractivity contribution < 1.29 is 9.32 Å². The molecule has 1 N–H and O–H groups in total. The van der Waals surface area contributed by atoms with Gasteiger partial charge in [-0.1, -0.05) is 52.8 Å². The minimum absolute atomic E-state index is 0.0928. The highest BCUT2D eigenvalue weighted by atomic mass is 35.5. The summed E-state index contributed by atoms with van der Waals surface area (Å²) in [5.74, 6) is 0.851. The van der Waals surface area contributed by atoms with Crippen molar-refractivity contribution in [3.8, 4) is 0 Å². The number of aromatic nitrogens is 4. The van der Waals surface area contributed by atoms with Crippen LogP contribution in [-0.2, 0) is 23.5 Å². The van der Waals surface area contributed by atoms with Crippen LogP contribution in [-0.4, -0.2) is 25.8 Å². The highest BCUT2D eigenvalue weighted by molar-refractivity contribution is 7.98. The van der Waals surface area contributed by atoms with E-state index in [9.17, 15) is 4.79 Å². The Morgan fingerprint density at radius 1 is 1.23 bits per heavy atom. The summed E-state index contributed by atoms with van der Waals surface area (Å²) in [5, 5.41) is 17.7. The quantitative estimate of drug-likeness (QED) is 0.386. The van der Waals surface area contributed by atoms with E-state index in [0.29, 0.717) is 29.5 Å². The second kappa shape index (κ2) is 9.11. The third-order valence-electron chi connectivity index (χ3n) is 4.91. The summed E-state index contributed by atoms with van der Waals surface area (Å²) in [7, 11) is 0. The number of halogens is 1. The Hall–Kier alpha value is -2.84. The van der Waals surface area contributed by atoms with Gasteiger partial charge >= 0.3 is 0 Å². The predicted molar refractivity (Wildman–Crippen MR) is 123 cm³/mol. The minimum Gasteiger partial charge on any atom is -0.356 e. The van der Waals surface area contributed by atoms with Gasteiger partial charge in [-0.05, 0) is 49.6 Å². The summed E-state index contributed by atoms with van der Waals surface area (Å²) in [6.45, 7) is 6.60. The smallest absolute Gasteiger partial charge is 0.232 e. The van der Waals surface area contributed by atoms with Gasteiger partial charge in [0.15, 0.2) is 10.7 Å². The van der Waals surface area contributed by atoms with Crippen LogP contribution in [0.15, 0.2) is 46.1 Å². The number of rotatable bonds is 7. The fraction of sp³-hybridized carbons (Fsp3) is 0.273. The fourth-order valence-electron chi connectivity index (χ4n) is 3.49. The van der Waals surface area contributed by atoms with Crippen LogP contribution in [0.3, 0.4) is 0 Å². The molecule has 0 radical (unpaired) electrons. The average Bonchev–Trinajstić information content (AvgIpc) is 3.30. The van der Waals surface area contributed by atoms with Gasteiger partial charge in [0.2, 0.25) is 11.9 Å². The molecule has 2 heterocycles. The Morgan fingerprint density at radius 2 is 2.03 bits per heavy atom. The van der Waals surface area contributed by atoms with Gasteiger partial charge in [-0.2, -0.15) is 0 Å². The maximum absolute atomic E-state index is 12.7. The van der Waals surface area contributed by atoms with Crippen molar-refractivity contribution in [1.82, 2.24) is 19.9 Å². The van der Waals surface area contributed by atoms with Gasteiger partial charge in [0, 0.05) is 22.7 Å². The highest BCUT2D eigenvalue weighted by Gasteiger charge is 2.18. The molecule has 9 heteroatoms. The van der Waals surface area contributed by atoms with Crippen molar-refractivity contribution in [3.05, 3.63) is 63.8 Å². The molecule has 0 atom stereocenters. The molecule has 0 unspecified atom stereocenters. The molecule has 2 aromatic heterocycles. The van der Waals surface area contributed by atoms with Crippen LogP contribution >= 0.6 is 23.4 Å². The first-order valence-electron chi connectivity index (χ1n) is 9.91. The first kappa shape index (κ1) is 21.4. The zero-order chi connectivity index (χ0) is 22.0. The predicted octanol–water partition coefficient (Wildman–Crippen LogP) is 5.18. The zero-order valence-electron chi connectivity index (χ0n) is 17.5. The van der Waals surface area contributed by atoms with Gasteiger partial charge < -0.3 is 4.52 Å². The third-order valence-corrected chi connectivity index (χ3v) is 6.30. The zero-order valence-corrected chi connectivity index (χ0v) is 19.0. The van der Waals surface area contributed by atoms with E-state index in [1.165, 1.54) is 11.8 Å². The molecule has 7 nitrogen and oxygen atoms in total. The minimum atomic E-state index is -0.222. The molecule has 0 aliphatic carbocycles. The standard InChI is InChI=1S/C22H22ClN5O2S/c1-4-28-21(25-26-22(28)31-12-15-7-5-6-8-16(15)23)24-19(29)11-17-20-14(3)9-13(2)10-18(20)30-27-17/h5-10H,4,11-12H2,1-3H3,(H,24,25,29). The van der Waals surface area contributed by atoms with Crippen LogP contribution in [0.5, 0.6) is 0 Å². The number of amides is 1. The van der Waals surface area contributed by atoms with E-state index < -0.39 is 0 Å². The molecule has 0 saturated carbocycles. The van der Waals surface area contributed by atoms with Gasteiger partial charge in [-0.3, -0.25) is 14.7 Å². The number of benzene rings is 2. The monoisotopic (exact) mass is 455 g/mol. The van der Waals surface area contributed by atoms with E-state index in [-0.39, 0.29) is 12.3 Å². The molecule has 2 aromatic carbocycles. The Balaban J connectivity index is 1.47. The lowest BCUT2D eigenvalue weighted by Gasteiger charge is -2.08. The van der Waals surface area contributed by atoms with E-state index in [2.05, 4.69) is 26.7 Å². The molecule has 0 saturated heterocycles. The fourth-order valence-corrected chi connectivity index (χ4v) is 4.78. The SMILES string of the molecule is CCn1c(NC(=O)Cc2noc3cc(C)cc(C)c23)nnc1SCc1ccccc1Cl. The van der Waals surface area contributed by atoms with Crippen molar-refractivity contribution in [1.29, 1.82) is 0 Å². The number of aryl methyl sites for hydroxylation is 2. The van der Waals surface area contributed by atoms with Crippen molar-refractivity contribution in [3.63, 3.8) is 0 Å². The van der Waals surface area contributed by atoms with Crippen LogP contribution in [0.1, 0.15) is 29.3 Å². The van der Waals surface area contributed by atoms with E-state index in [4.69, 9.17) is 16.1 Å². The van der Waals surface area contributed by atoms with Crippen molar-refractivity contribution in [2.75, 3.05) is 5.32 Å². The molecular formula is C22H22ClN5O2S. The number of nitrogens with one attached hydrogen (secondary N) is 1. The summed E-state index contributed by atoms with van der Waals surface area (Å²) in [6, 6.07) is 11.7. The first-order valence-corrected chi connectivity index (χ1v) is 11.3. The topological polar surface area (TPSA) is 85.8 Å². The van der Waals surface area contributed by atoms with Crippen molar-refractivity contribution in [2.45, 2.75) is 44.6 Å². The number of thioether (sulfide) groups is 1. The number of fused-ring (bicyclic) bond motifs is 1. The molecule has 0 spiro atoms. The summed E-state index contributed by atoms with van der Waals surface area (Å²) < 4.78 is 7.29. The van der Waals surface area contributed by atoms with Crippen LogP contribution in [0.25, 0.3) is 11.0 Å². The molecule has 160 valence electrons. The number of hydrogen-bond donors (Lipinski definition) is 1. The second-order valence-corrected chi connectivity index (χ2v) is 8.59. The lowest BCUT2D eigenvalue weighted by molar-refractivity contribution is -0.115. The van der Waals surface area contributed by atoms with E-state index in [1.54, 1.807) is 0 Å². The normalized spacial score (nSPS) is 11.2.